The van der Waals surface area contributed by atoms with Crippen LogP contribution in [0.2, 0.25) is 0 Å². The molecule has 5 nitrogen and oxygen atoms in total. The summed E-state index contributed by atoms with van der Waals surface area (Å²) < 4.78 is 27.0. The first-order valence-corrected chi connectivity index (χ1v) is 8.12. The van der Waals surface area contributed by atoms with Crippen molar-refractivity contribution in [3.63, 3.8) is 0 Å². The Morgan fingerprint density at radius 2 is 2.12 bits per heavy atom. The summed E-state index contributed by atoms with van der Waals surface area (Å²) in [4.78, 5) is 25.9. The third-order valence-electron chi connectivity index (χ3n) is 5.17. The average Bonchev–Trinajstić information content (AvgIpc) is 2.78. The highest BCUT2D eigenvalue weighted by Gasteiger charge is 2.55. The molecule has 130 valence electrons. The lowest BCUT2D eigenvalue weighted by molar-refractivity contribution is -0.135. The van der Waals surface area contributed by atoms with Gasteiger partial charge >= 0.3 is 6.03 Å². The van der Waals surface area contributed by atoms with E-state index in [2.05, 4.69) is 5.32 Å². The smallest absolute Gasteiger partial charge is 0.325 e. The molecule has 0 unspecified atom stereocenters. The second-order valence-electron chi connectivity index (χ2n) is 6.65. The van der Waals surface area contributed by atoms with Gasteiger partial charge in [0.2, 0.25) is 0 Å². The molecule has 0 aromatic heterocycles. The van der Waals surface area contributed by atoms with Crippen LogP contribution in [0.5, 0.6) is 0 Å². The minimum atomic E-state index is -1.48. The molecule has 1 saturated carbocycles. The number of nitrogens with zero attached hydrogens (tertiary/aromatic N) is 1. The largest absolute Gasteiger partial charge is 0.386 e. The normalized spacial score (nSPS) is 28.3. The standard InChI is InChI=1S/C17H20F2N2O3/c1-10-4-2-3-7-17(10)15(23)21(16(24)20-17)9-14(22)12-8-11(18)5-6-13(12)19/h5-6,8,10,14,22H,2-4,7,9H2,1H3,(H,20,24)/t10-,14+,17-/m1/s1. The number of imide groups is 1. The summed E-state index contributed by atoms with van der Waals surface area (Å²) in [5, 5.41) is 13.0. The van der Waals surface area contributed by atoms with E-state index in [1.54, 1.807) is 0 Å². The minimum Gasteiger partial charge on any atom is -0.386 e. The fraction of sp³-hybridized carbons (Fsp3) is 0.529. The maximum Gasteiger partial charge on any atom is 0.325 e. The predicted octanol–water partition coefficient (Wildman–Crippen LogP) is 2.50. The molecular formula is C17H20F2N2O3. The molecule has 1 aliphatic heterocycles. The van der Waals surface area contributed by atoms with Crippen LogP contribution in [0.25, 0.3) is 0 Å². The number of hydrogen-bond donors (Lipinski definition) is 2. The highest BCUT2D eigenvalue weighted by Crippen LogP contribution is 2.38. The Morgan fingerprint density at radius 1 is 1.38 bits per heavy atom. The number of hydrogen-bond acceptors (Lipinski definition) is 3. The molecule has 0 bridgehead atoms. The fourth-order valence-electron chi connectivity index (χ4n) is 3.70. The molecule has 2 aliphatic rings. The van der Waals surface area contributed by atoms with Gasteiger partial charge in [-0.25, -0.2) is 13.6 Å². The van der Waals surface area contributed by atoms with E-state index < -0.39 is 41.8 Å². The monoisotopic (exact) mass is 338 g/mol. The van der Waals surface area contributed by atoms with Crippen molar-refractivity contribution in [1.29, 1.82) is 0 Å². The lowest BCUT2D eigenvalue weighted by Gasteiger charge is -2.37. The Labute approximate surface area is 138 Å². The zero-order valence-electron chi connectivity index (χ0n) is 13.4. The van der Waals surface area contributed by atoms with Crippen LogP contribution in [0.1, 0.15) is 44.3 Å². The molecule has 1 saturated heterocycles. The molecular weight excluding hydrogens is 318 g/mol. The van der Waals surface area contributed by atoms with Gasteiger partial charge in [-0.15, -0.1) is 0 Å². The zero-order valence-corrected chi connectivity index (χ0v) is 13.4. The third kappa shape index (κ3) is 2.66. The van der Waals surface area contributed by atoms with E-state index in [1.807, 2.05) is 6.92 Å². The first-order valence-electron chi connectivity index (χ1n) is 8.12. The van der Waals surface area contributed by atoms with Gasteiger partial charge in [-0.1, -0.05) is 19.8 Å². The van der Waals surface area contributed by atoms with Crippen LogP contribution >= 0.6 is 0 Å². The number of nitrogens with one attached hydrogen (secondary N) is 1. The van der Waals surface area contributed by atoms with E-state index in [-0.39, 0.29) is 11.5 Å². The van der Waals surface area contributed by atoms with Crippen LogP contribution in [0.15, 0.2) is 18.2 Å². The van der Waals surface area contributed by atoms with Crippen LogP contribution in [0.4, 0.5) is 13.6 Å². The number of carbonyl (C=O) groups excluding carboxylic acids is 2. The summed E-state index contributed by atoms with van der Waals surface area (Å²) in [7, 11) is 0. The van der Waals surface area contributed by atoms with E-state index in [0.717, 1.165) is 42.4 Å². The van der Waals surface area contributed by atoms with Crippen molar-refractivity contribution in [2.24, 2.45) is 5.92 Å². The SMILES string of the molecule is C[C@@H]1CCCC[C@@]12NC(=O)N(C[C@H](O)c1cc(F)ccc1F)C2=O. The first kappa shape index (κ1) is 16.8. The lowest BCUT2D eigenvalue weighted by Crippen LogP contribution is -2.54. The van der Waals surface area contributed by atoms with Gasteiger partial charge in [0.15, 0.2) is 0 Å². The van der Waals surface area contributed by atoms with Crippen molar-refractivity contribution < 1.29 is 23.5 Å². The molecule has 0 radical (unpaired) electrons. The van der Waals surface area contributed by atoms with Crippen LogP contribution < -0.4 is 5.32 Å². The molecule has 2 N–H and O–H groups in total. The number of urea groups is 1. The number of amides is 3. The highest BCUT2D eigenvalue weighted by atomic mass is 19.1. The Morgan fingerprint density at radius 3 is 2.83 bits per heavy atom. The second-order valence-corrected chi connectivity index (χ2v) is 6.65. The molecule has 1 heterocycles. The van der Waals surface area contributed by atoms with Crippen molar-refractivity contribution in [3.8, 4) is 0 Å². The van der Waals surface area contributed by atoms with E-state index in [4.69, 9.17) is 0 Å². The molecule has 1 aliphatic carbocycles. The molecule has 1 aromatic carbocycles. The Kier molecular flexibility index (Phi) is 4.29. The fourth-order valence-corrected chi connectivity index (χ4v) is 3.70. The number of halogens is 2. The summed E-state index contributed by atoms with van der Waals surface area (Å²) in [6, 6.07) is 2.13. The van der Waals surface area contributed by atoms with Gasteiger partial charge < -0.3 is 10.4 Å². The number of benzene rings is 1. The molecule has 3 rings (SSSR count). The van der Waals surface area contributed by atoms with E-state index in [1.165, 1.54) is 0 Å². The van der Waals surface area contributed by atoms with E-state index in [0.29, 0.717) is 6.42 Å². The number of β-amino-alcohol motifs (C(OH)–C–C–N with tert-alkyl or cyclic N) is 1. The number of rotatable bonds is 3. The summed E-state index contributed by atoms with van der Waals surface area (Å²) in [5.74, 6) is -1.87. The molecule has 2 fully saturated rings. The predicted molar refractivity (Wildman–Crippen MR) is 81.9 cm³/mol. The van der Waals surface area contributed by atoms with Crippen LogP contribution in [0, 0.1) is 17.6 Å². The van der Waals surface area contributed by atoms with Gasteiger partial charge in [0.05, 0.1) is 6.54 Å². The summed E-state index contributed by atoms with van der Waals surface area (Å²) >= 11 is 0. The van der Waals surface area contributed by atoms with E-state index >= 15 is 0 Å². The van der Waals surface area contributed by atoms with Crippen LogP contribution in [0.3, 0.4) is 0 Å². The summed E-state index contributed by atoms with van der Waals surface area (Å²) in [6.07, 6.45) is 1.75. The van der Waals surface area contributed by atoms with Gasteiger partial charge in [-0.3, -0.25) is 9.69 Å². The molecule has 3 atom stereocenters. The average molecular weight is 338 g/mol. The lowest BCUT2D eigenvalue weighted by atomic mass is 9.73. The Balaban J connectivity index is 1.81. The van der Waals surface area contributed by atoms with Crippen molar-refractivity contribution >= 4 is 11.9 Å². The van der Waals surface area contributed by atoms with E-state index in [9.17, 15) is 23.5 Å². The van der Waals surface area contributed by atoms with Gasteiger partial charge in [0.1, 0.15) is 23.3 Å². The van der Waals surface area contributed by atoms with Crippen molar-refractivity contribution in [3.05, 3.63) is 35.4 Å². The molecule has 1 aromatic rings. The molecule has 3 amide bonds. The van der Waals surface area contributed by atoms with Crippen molar-refractivity contribution in [2.45, 2.75) is 44.2 Å². The van der Waals surface area contributed by atoms with Gasteiger partial charge in [-0.05, 0) is 37.0 Å². The number of aliphatic hydroxyl groups is 1. The maximum absolute atomic E-state index is 13.8. The van der Waals surface area contributed by atoms with Gasteiger partial charge in [0.25, 0.3) is 5.91 Å². The topological polar surface area (TPSA) is 69.6 Å². The van der Waals surface area contributed by atoms with Crippen molar-refractivity contribution in [2.75, 3.05) is 6.54 Å². The van der Waals surface area contributed by atoms with Gasteiger partial charge in [0, 0.05) is 5.56 Å². The number of aliphatic hydroxyl groups excluding tert-OH is 1. The Bertz CT molecular complexity index is 682. The molecule has 1 spiro atoms. The number of carbonyl (C=O) groups is 2. The minimum absolute atomic E-state index is 0.00394. The summed E-state index contributed by atoms with van der Waals surface area (Å²) in [5.41, 5.74) is -1.21. The van der Waals surface area contributed by atoms with Crippen LogP contribution in [-0.4, -0.2) is 34.0 Å². The zero-order chi connectivity index (χ0) is 17.5. The molecule has 7 heteroatoms. The summed E-state index contributed by atoms with van der Waals surface area (Å²) in [6.45, 7) is 1.52. The second kappa shape index (κ2) is 6.12. The maximum atomic E-state index is 13.8. The third-order valence-corrected chi connectivity index (χ3v) is 5.17. The Hall–Kier alpha value is -2.02. The van der Waals surface area contributed by atoms with Crippen molar-refractivity contribution in [1.82, 2.24) is 10.2 Å². The van der Waals surface area contributed by atoms with Crippen LogP contribution in [-0.2, 0) is 4.79 Å². The van der Waals surface area contributed by atoms with Gasteiger partial charge in [-0.2, -0.15) is 0 Å². The highest BCUT2D eigenvalue weighted by molar-refractivity contribution is 6.07. The quantitative estimate of drug-likeness (QED) is 0.832. The molecule has 24 heavy (non-hydrogen) atoms. The first-order chi connectivity index (χ1) is 11.3.